The molecule has 1 amide bonds. The van der Waals surface area contributed by atoms with E-state index in [-0.39, 0.29) is 23.4 Å². The Balaban J connectivity index is 0.000000196. The van der Waals surface area contributed by atoms with Gasteiger partial charge >= 0.3 is 18.2 Å². The van der Waals surface area contributed by atoms with Gasteiger partial charge in [0.15, 0.2) is 0 Å². The number of carbonyl (C=O) groups is 4. The molecule has 9 rings (SSSR count). The summed E-state index contributed by atoms with van der Waals surface area (Å²) in [6.45, 7) is 16.7. The smallest absolute Gasteiger partial charge is 0.475 e. The first kappa shape index (κ1) is 44.8. The van der Waals surface area contributed by atoms with Crippen LogP contribution in [0.1, 0.15) is 50.6 Å². The number of carboxylic acids is 1. The van der Waals surface area contributed by atoms with Gasteiger partial charge in [0.05, 0.1) is 5.70 Å². The molecule has 334 valence electrons. The largest absolute Gasteiger partial charge is 0.490 e. The third kappa shape index (κ3) is 11.2. The van der Waals surface area contributed by atoms with Crippen LogP contribution in [0.5, 0.6) is 0 Å². The average Bonchev–Trinajstić information content (AvgIpc) is 4.16. The quantitative estimate of drug-likeness (QED) is 0.212. The number of hydrogen-bond donors (Lipinski definition) is 1. The Hall–Kier alpha value is -5.20. The molecular formula is C43H53ClF3N9O6. The summed E-state index contributed by atoms with van der Waals surface area (Å²) in [4.78, 5) is 68.8. The minimum Gasteiger partial charge on any atom is -0.475 e. The van der Waals surface area contributed by atoms with Crippen molar-refractivity contribution in [2.45, 2.75) is 51.6 Å². The van der Waals surface area contributed by atoms with Gasteiger partial charge in [-0.3, -0.25) is 23.9 Å². The topological polar surface area (TPSA) is 151 Å². The van der Waals surface area contributed by atoms with Gasteiger partial charge < -0.3 is 34.0 Å². The number of halogens is 4. The van der Waals surface area contributed by atoms with Crippen molar-refractivity contribution in [2.75, 3.05) is 92.1 Å². The predicted molar refractivity (Wildman–Crippen MR) is 223 cm³/mol. The van der Waals surface area contributed by atoms with E-state index < -0.39 is 12.1 Å². The number of piperazine rings is 1. The van der Waals surface area contributed by atoms with E-state index in [1.807, 2.05) is 54.6 Å². The highest BCUT2D eigenvalue weighted by Gasteiger charge is 2.43. The van der Waals surface area contributed by atoms with Crippen molar-refractivity contribution >= 4 is 35.0 Å². The lowest BCUT2D eigenvalue weighted by atomic mass is 9.96. The molecule has 1 N–H and O–H groups in total. The highest BCUT2D eigenvalue weighted by Crippen LogP contribution is 2.34. The number of rotatable bonds is 11. The normalized spacial score (nSPS) is 19.6. The first-order valence-corrected chi connectivity index (χ1v) is 21.5. The second kappa shape index (κ2) is 19.0. The van der Waals surface area contributed by atoms with Crippen LogP contribution in [0.3, 0.4) is 0 Å². The summed E-state index contributed by atoms with van der Waals surface area (Å²) < 4.78 is 39.9. The number of nitrogens with zero attached hydrogens (tertiary/aromatic N) is 9. The van der Waals surface area contributed by atoms with Crippen LogP contribution in [0, 0.1) is 5.92 Å². The van der Waals surface area contributed by atoms with E-state index in [1.165, 1.54) is 32.0 Å². The van der Waals surface area contributed by atoms with Crippen molar-refractivity contribution in [1.82, 2.24) is 43.9 Å². The number of allylic oxidation sites excluding steroid dienone is 1. The molecule has 0 spiro atoms. The molecule has 0 bridgehead atoms. The minimum atomic E-state index is -5.08. The number of Topliss-reactive ketones (excluding diaryl/α,β-unsaturated/α-hetero) is 1. The number of alkyl halides is 3. The molecule has 1 aliphatic carbocycles. The van der Waals surface area contributed by atoms with Gasteiger partial charge in [-0.2, -0.15) is 18.2 Å². The molecule has 0 saturated carbocycles. The molecule has 15 nitrogen and oxygen atoms in total. The fourth-order valence-corrected chi connectivity index (χ4v) is 7.92. The molecular weight excluding hydrogens is 831 g/mol. The van der Waals surface area contributed by atoms with Crippen LogP contribution in [-0.2, 0) is 25.6 Å². The first-order valence-electron chi connectivity index (χ1n) is 21.1. The van der Waals surface area contributed by atoms with E-state index in [0.29, 0.717) is 46.7 Å². The number of likely N-dealkylation sites (tertiary alicyclic amines) is 1. The maximum absolute atomic E-state index is 13.2. The van der Waals surface area contributed by atoms with Crippen LogP contribution in [0.15, 0.2) is 64.2 Å². The summed E-state index contributed by atoms with van der Waals surface area (Å²) in [7, 11) is 2.21. The van der Waals surface area contributed by atoms with Crippen LogP contribution >= 0.6 is 11.6 Å². The molecule has 0 radical (unpaired) electrons. The molecule has 0 unspecified atom stereocenters. The summed E-state index contributed by atoms with van der Waals surface area (Å²) >= 11 is 6.13. The van der Waals surface area contributed by atoms with E-state index in [1.54, 1.807) is 6.20 Å². The first-order chi connectivity index (χ1) is 29.6. The number of aromatic nitrogens is 3. The summed E-state index contributed by atoms with van der Waals surface area (Å²) in [6, 6.07) is 8.05. The second-order valence-electron chi connectivity index (χ2n) is 16.7. The molecule has 3 aromatic rings. The number of benzene rings is 1. The maximum Gasteiger partial charge on any atom is 0.490 e. The van der Waals surface area contributed by atoms with Gasteiger partial charge in [0.2, 0.25) is 17.5 Å². The van der Waals surface area contributed by atoms with Crippen molar-refractivity contribution in [2.24, 2.45) is 5.92 Å². The van der Waals surface area contributed by atoms with Crippen LogP contribution in [0.4, 0.5) is 13.2 Å². The Morgan fingerprint density at radius 2 is 1.48 bits per heavy atom. The number of carboxylic acid groups (broad SMARTS) is 1. The highest BCUT2D eigenvalue weighted by atomic mass is 35.5. The lowest BCUT2D eigenvalue weighted by molar-refractivity contribution is -0.192. The number of piperidine rings is 1. The van der Waals surface area contributed by atoms with Gasteiger partial charge in [-0.25, -0.2) is 9.78 Å². The van der Waals surface area contributed by atoms with Crippen LogP contribution in [0.2, 0.25) is 5.02 Å². The van der Waals surface area contributed by atoms with E-state index in [2.05, 4.69) is 35.7 Å². The van der Waals surface area contributed by atoms with Gasteiger partial charge in [0, 0.05) is 120 Å². The van der Waals surface area contributed by atoms with Crippen molar-refractivity contribution in [1.29, 1.82) is 0 Å². The molecule has 62 heavy (non-hydrogen) atoms. The number of carbonyl (C=O) groups excluding carboxylic acids is 3. The second-order valence-corrected chi connectivity index (χ2v) is 17.1. The van der Waals surface area contributed by atoms with Crippen molar-refractivity contribution in [3.63, 3.8) is 0 Å². The van der Waals surface area contributed by atoms with E-state index >= 15 is 0 Å². The Morgan fingerprint density at radius 1 is 0.887 bits per heavy atom. The highest BCUT2D eigenvalue weighted by molar-refractivity contribution is 6.30. The van der Waals surface area contributed by atoms with Gasteiger partial charge in [-0.1, -0.05) is 37.6 Å². The van der Waals surface area contributed by atoms with Gasteiger partial charge in [0.25, 0.3) is 0 Å². The number of amides is 1. The van der Waals surface area contributed by atoms with Gasteiger partial charge in [-0.15, -0.1) is 0 Å². The Labute approximate surface area is 363 Å². The zero-order chi connectivity index (χ0) is 44.3. The third-order valence-electron chi connectivity index (χ3n) is 11.6. The molecule has 2 aromatic heterocycles. The number of oxazole rings is 1. The van der Waals surface area contributed by atoms with Crippen LogP contribution in [0.25, 0.3) is 17.3 Å². The molecule has 19 heteroatoms. The van der Waals surface area contributed by atoms with Gasteiger partial charge in [0.1, 0.15) is 28.7 Å². The van der Waals surface area contributed by atoms with Crippen LogP contribution < -0.4 is 0 Å². The lowest BCUT2D eigenvalue weighted by Gasteiger charge is -2.38. The fourth-order valence-electron chi connectivity index (χ4n) is 7.79. The SMILES string of the molecule is CC(C)c1nccn1-c1nc(-c2ccc(Cl)cc2)c(CCC(=O)N2CCN(CC3CCN(C)CC3)CC2)o1.O=C(O)C(F)(F)F.O=C1C=C(N2CC2)C(=O)C(N2CC2)=C1N1CC1. The number of imidazole rings is 1. The molecule has 1 aromatic carbocycles. The lowest BCUT2D eigenvalue weighted by Crippen LogP contribution is -2.50. The Morgan fingerprint density at radius 3 is 2.05 bits per heavy atom. The van der Waals surface area contributed by atoms with Gasteiger partial charge in [-0.05, 0) is 51.0 Å². The van der Waals surface area contributed by atoms with E-state index in [4.69, 9.17) is 30.9 Å². The maximum atomic E-state index is 13.2. The Kier molecular flexibility index (Phi) is 13.8. The zero-order valence-electron chi connectivity index (χ0n) is 35.2. The summed E-state index contributed by atoms with van der Waals surface area (Å²) in [5.41, 5.74) is 3.55. The van der Waals surface area contributed by atoms with Crippen molar-refractivity contribution < 1.29 is 41.9 Å². The predicted octanol–water partition coefficient (Wildman–Crippen LogP) is 4.54. The van der Waals surface area contributed by atoms with E-state index in [9.17, 15) is 27.6 Å². The number of ketones is 2. The molecule has 5 aliphatic heterocycles. The van der Waals surface area contributed by atoms with Crippen molar-refractivity contribution in [3.05, 3.63) is 76.4 Å². The molecule has 6 aliphatic rings. The van der Waals surface area contributed by atoms with Crippen molar-refractivity contribution in [3.8, 4) is 17.3 Å². The third-order valence-corrected chi connectivity index (χ3v) is 11.8. The number of aryl methyl sites for hydroxylation is 1. The average molecular weight is 884 g/mol. The monoisotopic (exact) mass is 883 g/mol. The molecule has 0 atom stereocenters. The standard InChI is InChI=1S/C29H39ClN6O2.C12H13N3O2.C2HF3O2/c1-21(2)28-31-12-15-36(28)29-32-27(23-4-6-24(30)7-5-23)25(38-29)8-9-26(37)35-18-16-34(17-19-35)20-22-10-13-33(3)14-11-22;16-9-7-8(13-1-2-13)12(17)11(15-5-6-15)10(9)14-3-4-14;3-2(4,5)1(6)7/h4-7,12,15,21-22H,8-11,13-14,16-20H2,1-3H3;7H,1-6H2;(H,6,7). The Bertz CT molecular complexity index is 2180. The fraction of sp³-hybridized carbons (Fsp3) is 0.535. The summed E-state index contributed by atoms with van der Waals surface area (Å²) in [5.74, 6) is 0.0649. The molecule has 5 fully saturated rings. The van der Waals surface area contributed by atoms with E-state index in [0.717, 1.165) is 95.0 Å². The summed E-state index contributed by atoms with van der Waals surface area (Å²) in [5, 5.41) is 7.79. The van der Waals surface area contributed by atoms with Crippen LogP contribution in [-0.4, -0.2) is 171 Å². The molecule has 7 heterocycles. The number of hydrogen-bond acceptors (Lipinski definition) is 12. The minimum absolute atomic E-state index is 0.00546. The summed E-state index contributed by atoms with van der Waals surface area (Å²) in [6.07, 6.45) is 3.52. The zero-order valence-corrected chi connectivity index (χ0v) is 36.0. The molecule has 5 saturated heterocycles. The number of aliphatic carboxylic acids is 1.